The molecule has 0 unspecified atom stereocenters. The van der Waals surface area contributed by atoms with Crippen molar-refractivity contribution in [3.8, 4) is 0 Å². The Balaban J connectivity index is 2.16. The summed E-state index contributed by atoms with van der Waals surface area (Å²) in [6.45, 7) is 0. The van der Waals surface area contributed by atoms with Crippen molar-refractivity contribution in [2.45, 2.75) is 24.8 Å². The summed E-state index contributed by atoms with van der Waals surface area (Å²) in [6, 6.07) is 6.26. The number of aromatic amines is 1. The van der Waals surface area contributed by atoms with Crippen LogP contribution in [0.5, 0.6) is 0 Å². The molecule has 1 aromatic heterocycles. The van der Waals surface area contributed by atoms with Crippen LogP contribution in [0.3, 0.4) is 0 Å². The zero-order valence-electron chi connectivity index (χ0n) is 8.26. The number of hydrogen-bond donors (Lipinski definition) is 2. The number of rotatable bonds is 1. The van der Waals surface area contributed by atoms with Gasteiger partial charge in [0.15, 0.2) is 0 Å². The van der Waals surface area contributed by atoms with E-state index in [0.29, 0.717) is 0 Å². The van der Waals surface area contributed by atoms with Crippen LogP contribution in [0.1, 0.15) is 24.8 Å². The number of H-pyrrole nitrogens is 1. The Hall–Kier alpha value is -0.870. The van der Waals surface area contributed by atoms with Gasteiger partial charge in [0, 0.05) is 10.9 Å². The average molecular weight is 266 g/mol. The molecule has 1 fully saturated rings. The topological polar surface area (TPSA) is 54.7 Å². The Morgan fingerprint density at radius 3 is 2.87 bits per heavy atom. The average Bonchev–Trinajstić information content (AvgIpc) is 2.57. The van der Waals surface area contributed by atoms with Gasteiger partial charge in [0.25, 0.3) is 0 Å². The minimum absolute atomic E-state index is 0.0924. The van der Waals surface area contributed by atoms with Crippen molar-refractivity contribution in [3.63, 3.8) is 0 Å². The first-order chi connectivity index (χ1) is 7.19. The molecular formula is C11H12BrN3. The van der Waals surface area contributed by atoms with Crippen molar-refractivity contribution in [3.05, 3.63) is 28.4 Å². The molecule has 78 valence electrons. The molecule has 1 saturated carbocycles. The lowest BCUT2D eigenvalue weighted by Crippen LogP contribution is -2.43. The smallest absolute Gasteiger partial charge is 0.108 e. The molecule has 0 saturated heterocycles. The van der Waals surface area contributed by atoms with E-state index in [1.807, 2.05) is 6.07 Å². The predicted octanol–water partition coefficient (Wildman–Crippen LogP) is 2.66. The van der Waals surface area contributed by atoms with E-state index in [4.69, 9.17) is 5.73 Å². The molecule has 3 N–H and O–H groups in total. The fraction of sp³-hybridized carbons (Fsp3) is 0.364. The second-order valence-electron chi connectivity index (χ2n) is 4.28. The van der Waals surface area contributed by atoms with Crippen LogP contribution in [0.15, 0.2) is 22.8 Å². The molecule has 3 nitrogen and oxygen atoms in total. The van der Waals surface area contributed by atoms with Crippen LogP contribution in [-0.2, 0) is 5.54 Å². The number of nitrogens with zero attached hydrogens (tertiary/aromatic N) is 1. The quantitative estimate of drug-likeness (QED) is 0.833. The molecule has 0 spiro atoms. The number of nitrogens with two attached hydrogens (primary N) is 1. The van der Waals surface area contributed by atoms with Gasteiger partial charge in [-0.3, -0.25) is 5.10 Å². The maximum atomic E-state index is 6.29. The summed E-state index contributed by atoms with van der Waals surface area (Å²) in [4.78, 5) is 0. The molecule has 1 aliphatic carbocycles. The molecule has 4 heteroatoms. The highest BCUT2D eigenvalue weighted by molar-refractivity contribution is 9.10. The van der Waals surface area contributed by atoms with Crippen LogP contribution in [0.25, 0.3) is 10.9 Å². The summed E-state index contributed by atoms with van der Waals surface area (Å²) in [5, 5.41) is 8.20. The van der Waals surface area contributed by atoms with Gasteiger partial charge in [-0.2, -0.15) is 5.10 Å². The lowest BCUT2D eigenvalue weighted by atomic mass is 9.72. The third-order valence-corrected chi connectivity index (χ3v) is 3.93. The molecule has 1 aliphatic rings. The Labute approximate surface area is 96.2 Å². The van der Waals surface area contributed by atoms with Crippen molar-refractivity contribution < 1.29 is 0 Å². The number of nitrogens with one attached hydrogen (secondary N) is 1. The fourth-order valence-electron chi connectivity index (χ4n) is 2.13. The Bertz CT molecular complexity index is 514. The molecule has 15 heavy (non-hydrogen) atoms. The van der Waals surface area contributed by atoms with E-state index in [2.05, 4.69) is 38.3 Å². The van der Waals surface area contributed by atoms with Gasteiger partial charge in [-0.05, 0) is 52.9 Å². The third-order valence-electron chi connectivity index (χ3n) is 3.33. The summed E-state index contributed by atoms with van der Waals surface area (Å²) in [5.74, 6) is 0. The molecule has 2 aromatic rings. The Morgan fingerprint density at radius 1 is 1.40 bits per heavy atom. The SMILES string of the molecule is NC1(c2ccc3n[nH]c(Br)c3c2)CCC1. The molecule has 0 bridgehead atoms. The highest BCUT2D eigenvalue weighted by Crippen LogP contribution is 2.39. The van der Waals surface area contributed by atoms with E-state index in [-0.39, 0.29) is 5.54 Å². The van der Waals surface area contributed by atoms with Crippen LogP contribution >= 0.6 is 15.9 Å². The summed E-state index contributed by atoms with van der Waals surface area (Å²) in [5.41, 5.74) is 8.40. The number of fused-ring (bicyclic) bond motifs is 1. The van der Waals surface area contributed by atoms with Crippen LogP contribution in [-0.4, -0.2) is 10.2 Å². The van der Waals surface area contributed by atoms with Crippen molar-refractivity contribution in [1.82, 2.24) is 10.2 Å². The van der Waals surface area contributed by atoms with E-state index in [1.165, 1.54) is 12.0 Å². The molecule has 1 aromatic carbocycles. The van der Waals surface area contributed by atoms with Crippen LogP contribution < -0.4 is 5.73 Å². The standard InChI is InChI=1S/C11H12BrN3/c12-10-8-6-7(11(13)4-1-5-11)2-3-9(8)14-15-10/h2-3,6H,1,4-5,13H2,(H,14,15). The van der Waals surface area contributed by atoms with Gasteiger partial charge in [-0.25, -0.2) is 0 Å². The third kappa shape index (κ3) is 1.32. The first-order valence-corrected chi connectivity index (χ1v) is 5.91. The van der Waals surface area contributed by atoms with Gasteiger partial charge in [0.2, 0.25) is 0 Å². The Morgan fingerprint density at radius 2 is 2.20 bits per heavy atom. The molecular weight excluding hydrogens is 254 g/mol. The van der Waals surface area contributed by atoms with Crippen molar-refractivity contribution in [2.24, 2.45) is 5.73 Å². The largest absolute Gasteiger partial charge is 0.321 e. The first-order valence-electron chi connectivity index (χ1n) is 5.12. The highest BCUT2D eigenvalue weighted by atomic mass is 79.9. The van der Waals surface area contributed by atoms with Crippen molar-refractivity contribution in [2.75, 3.05) is 0 Å². The van der Waals surface area contributed by atoms with Gasteiger partial charge in [0.05, 0.1) is 5.52 Å². The van der Waals surface area contributed by atoms with Crippen LogP contribution in [0.4, 0.5) is 0 Å². The number of benzene rings is 1. The summed E-state index contributed by atoms with van der Waals surface area (Å²) < 4.78 is 0.933. The molecule has 0 atom stereocenters. The summed E-state index contributed by atoms with van der Waals surface area (Å²) >= 11 is 3.45. The maximum Gasteiger partial charge on any atom is 0.108 e. The van der Waals surface area contributed by atoms with Gasteiger partial charge in [0.1, 0.15) is 4.60 Å². The van der Waals surface area contributed by atoms with E-state index >= 15 is 0 Å². The van der Waals surface area contributed by atoms with Crippen molar-refractivity contribution >= 4 is 26.8 Å². The van der Waals surface area contributed by atoms with E-state index < -0.39 is 0 Å². The number of halogens is 1. The molecule has 0 amide bonds. The maximum absolute atomic E-state index is 6.29. The highest BCUT2D eigenvalue weighted by Gasteiger charge is 2.34. The molecule has 1 heterocycles. The predicted molar refractivity (Wildman–Crippen MR) is 63.5 cm³/mol. The second-order valence-corrected chi connectivity index (χ2v) is 5.07. The van der Waals surface area contributed by atoms with E-state index in [0.717, 1.165) is 28.3 Å². The lowest BCUT2D eigenvalue weighted by molar-refractivity contribution is 0.254. The lowest BCUT2D eigenvalue weighted by Gasteiger charge is -2.38. The zero-order valence-corrected chi connectivity index (χ0v) is 9.84. The monoisotopic (exact) mass is 265 g/mol. The van der Waals surface area contributed by atoms with Crippen molar-refractivity contribution in [1.29, 1.82) is 0 Å². The minimum atomic E-state index is -0.0924. The van der Waals surface area contributed by atoms with E-state index in [1.54, 1.807) is 0 Å². The summed E-state index contributed by atoms with van der Waals surface area (Å²) in [6.07, 6.45) is 3.42. The van der Waals surface area contributed by atoms with Gasteiger partial charge >= 0.3 is 0 Å². The van der Waals surface area contributed by atoms with Crippen LogP contribution in [0.2, 0.25) is 0 Å². The number of hydrogen-bond acceptors (Lipinski definition) is 2. The molecule has 0 radical (unpaired) electrons. The van der Waals surface area contributed by atoms with E-state index in [9.17, 15) is 0 Å². The zero-order chi connectivity index (χ0) is 10.5. The van der Waals surface area contributed by atoms with Crippen LogP contribution in [0, 0.1) is 0 Å². The van der Waals surface area contributed by atoms with Gasteiger partial charge in [-0.15, -0.1) is 0 Å². The molecule has 3 rings (SSSR count). The Kier molecular flexibility index (Phi) is 1.91. The minimum Gasteiger partial charge on any atom is -0.321 e. The fourth-order valence-corrected chi connectivity index (χ4v) is 2.54. The summed E-state index contributed by atoms with van der Waals surface area (Å²) in [7, 11) is 0. The van der Waals surface area contributed by atoms with Gasteiger partial charge in [-0.1, -0.05) is 6.07 Å². The second kappa shape index (κ2) is 3.06. The first kappa shape index (κ1) is 9.36. The van der Waals surface area contributed by atoms with Gasteiger partial charge < -0.3 is 5.73 Å². The number of aromatic nitrogens is 2. The molecule has 0 aliphatic heterocycles. The normalized spacial score (nSPS) is 19.1.